The van der Waals surface area contributed by atoms with E-state index >= 15 is 0 Å². The summed E-state index contributed by atoms with van der Waals surface area (Å²) in [5.41, 5.74) is 5.36. The van der Waals surface area contributed by atoms with E-state index in [0.29, 0.717) is 11.8 Å². The fourth-order valence-corrected chi connectivity index (χ4v) is 4.30. The van der Waals surface area contributed by atoms with Crippen molar-refractivity contribution in [2.24, 2.45) is 23.0 Å². The monoisotopic (exact) mass is 267 g/mol. The molecule has 0 spiro atoms. The zero-order valence-corrected chi connectivity index (χ0v) is 12.1. The van der Waals surface area contributed by atoms with Gasteiger partial charge in [-0.05, 0) is 56.9 Å². The lowest BCUT2D eigenvalue weighted by Crippen LogP contribution is -2.38. The van der Waals surface area contributed by atoms with Crippen molar-refractivity contribution in [3.8, 4) is 0 Å². The van der Waals surface area contributed by atoms with Gasteiger partial charge in [-0.15, -0.1) is 0 Å². The van der Waals surface area contributed by atoms with E-state index < -0.39 is 11.4 Å². The molecule has 19 heavy (non-hydrogen) atoms. The third-order valence-corrected chi connectivity index (χ3v) is 5.63. The summed E-state index contributed by atoms with van der Waals surface area (Å²) in [5, 5.41) is 9.89. The van der Waals surface area contributed by atoms with Crippen LogP contribution in [0.25, 0.3) is 0 Å². The van der Waals surface area contributed by atoms with Crippen LogP contribution in [0.4, 0.5) is 0 Å². The van der Waals surface area contributed by atoms with Gasteiger partial charge < -0.3 is 10.8 Å². The van der Waals surface area contributed by atoms with Gasteiger partial charge in [0.05, 0.1) is 5.41 Å². The number of hydrogen-bond donors (Lipinski definition) is 2. The molecular formula is C16H29NO2. The molecule has 2 aliphatic carbocycles. The van der Waals surface area contributed by atoms with E-state index in [1.165, 1.54) is 25.7 Å². The summed E-state index contributed by atoms with van der Waals surface area (Å²) in [4.78, 5) is 12.0. The smallest absolute Gasteiger partial charge is 0.309 e. The number of carboxylic acid groups (broad SMARTS) is 1. The van der Waals surface area contributed by atoms with Crippen LogP contribution >= 0.6 is 0 Å². The Balaban J connectivity index is 2.14. The van der Waals surface area contributed by atoms with Crippen molar-refractivity contribution < 1.29 is 9.90 Å². The Bertz CT molecular complexity index is 297. The quantitative estimate of drug-likeness (QED) is 0.768. The zero-order valence-electron chi connectivity index (χ0n) is 12.1. The van der Waals surface area contributed by atoms with Crippen molar-refractivity contribution in [2.75, 3.05) is 6.54 Å². The molecule has 3 nitrogen and oxygen atoms in total. The fraction of sp³-hybridized carbons (Fsp3) is 0.938. The lowest BCUT2D eigenvalue weighted by atomic mass is 9.67. The highest BCUT2D eigenvalue weighted by atomic mass is 16.4. The average Bonchev–Trinajstić information content (AvgIpc) is 2.79. The molecule has 2 fully saturated rings. The van der Waals surface area contributed by atoms with E-state index in [2.05, 4.69) is 0 Å². The summed E-state index contributed by atoms with van der Waals surface area (Å²) < 4.78 is 0. The van der Waals surface area contributed by atoms with Crippen LogP contribution in [-0.4, -0.2) is 17.6 Å². The van der Waals surface area contributed by atoms with Gasteiger partial charge in [0.25, 0.3) is 0 Å². The Labute approximate surface area is 116 Å². The Kier molecular flexibility index (Phi) is 5.26. The lowest BCUT2D eigenvalue weighted by molar-refractivity contribution is -0.154. The standard InChI is InChI=1S/C16H29NO2/c17-12-13-6-5-10-16(11-9-13,15(18)19)14-7-3-1-2-4-8-14/h13-14H,1-12,17H2,(H,18,19). The molecule has 2 atom stereocenters. The predicted molar refractivity (Wildman–Crippen MR) is 76.9 cm³/mol. The predicted octanol–water partition coefficient (Wildman–Crippen LogP) is 3.57. The molecule has 3 heteroatoms. The van der Waals surface area contributed by atoms with Crippen LogP contribution < -0.4 is 5.73 Å². The summed E-state index contributed by atoms with van der Waals surface area (Å²) in [5.74, 6) is 0.424. The van der Waals surface area contributed by atoms with Gasteiger partial charge in [0.1, 0.15) is 0 Å². The van der Waals surface area contributed by atoms with E-state index in [4.69, 9.17) is 5.73 Å². The number of rotatable bonds is 3. The molecule has 2 aliphatic rings. The molecule has 2 unspecified atom stereocenters. The SMILES string of the molecule is NCC1CCCC(C(=O)O)(C2CCCCCC2)CC1. The molecule has 0 saturated heterocycles. The topological polar surface area (TPSA) is 63.3 Å². The molecule has 0 amide bonds. The van der Waals surface area contributed by atoms with Crippen molar-refractivity contribution in [3.05, 3.63) is 0 Å². The maximum Gasteiger partial charge on any atom is 0.309 e. The lowest BCUT2D eigenvalue weighted by Gasteiger charge is -2.36. The molecule has 0 aromatic heterocycles. The maximum absolute atomic E-state index is 12.0. The zero-order chi connectivity index (χ0) is 13.7. The summed E-state index contributed by atoms with van der Waals surface area (Å²) in [6.45, 7) is 0.723. The van der Waals surface area contributed by atoms with Crippen LogP contribution in [-0.2, 0) is 4.79 Å². The molecular weight excluding hydrogens is 238 g/mol. The van der Waals surface area contributed by atoms with Gasteiger partial charge in [0.15, 0.2) is 0 Å². The third kappa shape index (κ3) is 3.31. The minimum absolute atomic E-state index is 0.407. The minimum Gasteiger partial charge on any atom is -0.481 e. The molecule has 2 saturated carbocycles. The van der Waals surface area contributed by atoms with Crippen molar-refractivity contribution in [1.82, 2.24) is 0 Å². The molecule has 0 heterocycles. The number of hydrogen-bond acceptors (Lipinski definition) is 2. The van der Waals surface area contributed by atoms with E-state index in [9.17, 15) is 9.90 Å². The van der Waals surface area contributed by atoms with Crippen molar-refractivity contribution >= 4 is 5.97 Å². The highest BCUT2D eigenvalue weighted by Gasteiger charge is 2.45. The number of carboxylic acids is 1. The van der Waals surface area contributed by atoms with Crippen LogP contribution in [0.2, 0.25) is 0 Å². The normalized spacial score (nSPS) is 34.5. The van der Waals surface area contributed by atoms with Gasteiger partial charge >= 0.3 is 5.97 Å². The average molecular weight is 267 g/mol. The first-order valence-electron chi connectivity index (χ1n) is 8.12. The van der Waals surface area contributed by atoms with Crippen LogP contribution in [0, 0.1) is 17.3 Å². The summed E-state index contributed by atoms with van der Waals surface area (Å²) in [6.07, 6.45) is 12.2. The van der Waals surface area contributed by atoms with E-state index in [1.54, 1.807) is 0 Å². The summed E-state index contributed by atoms with van der Waals surface area (Å²) >= 11 is 0. The molecule has 2 rings (SSSR count). The Hall–Kier alpha value is -0.570. The Morgan fingerprint density at radius 2 is 1.68 bits per heavy atom. The Morgan fingerprint density at radius 1 is 1.00 bits per heavy atom. The summed E-state index contributed by atoms with van der Waals surface area (Å²) in [6, 6.07) is 0. The second-order valence-electron chi connectivity index (χ2n) is 6.68. The molecule has 0 aromatic rings. The van der Waals surface area contributed by atoms with Crippen molar-refractivity contribution in [1.29, 1.82) is 0 Å². The van der Waals surface area contributed by atoms with E-state index in [0.717, 1.165) is 51.5 Å². The van der Waals surface area contributed by atoms with Gasteiger partial charge in [0.2, 0.25) is 0 Å². The van der Waals surface area contributed by atoms with Crippen LogP contribution in [0.5, 0.6) is 0 Å². The van der Waals surface area contributed by atoms with Gasteiger partial charge in [-0.2, -0.15) is 0 Å². The minimum atomic E-state index is -0.530. The molecule has 110 valence electrons. The third-order valence-electron chi connectivity index (χ3n) is 5.63. The summed E-state index contributed by atoms with van der Waals surface area (Å²) in [7, 11) is 0. The fourth-order valence-electron chi connectivity index (χ4n) is 4.30. The first-order chi connectivity index (χ1) is 9.19. The highest BCUT2D eigenvalue weighted by Crippen LogP contribution is 2.47. The molecule has 0 bridgehead atoms. The second-order valence-corrected chi connectivity index (χ2v) is 6.68. The van der Waals surface area contributed by atoms with Crippen LogP contribution in [0.3, 0.4) is 0 Å². The van der Waals surface area contributed by atoms with Gasteiger partial charge in [-0.1, -0.05) is 32.1 Å². The van der Waals surface area contributed by atoms with E-state index in [-0.39, 0.29) is 0 Å². The highest BCUT2D eigenvalue weighted by molar-refractivity contribution is 5.75. The second kappa shape index (κ2) is 6.74. The maximum atomic E-state index is 12.0. The van der Waals surface area contributed by atoms with E-state index in [1.807, 2.05) is 0 Å². The van der Waals surface area contributed by atoms with Gasteiger partial charge in [0, 0.05) is 0 Å². The first kappa shape index (κ1) is 14.8. The van der Waals surface area contributed by atoms with Crippen molar-refractivity contribution in [2.45, 2.75) is 70.6 Å². The molecule has 3 N–H and O–H groups in total. The van der Waals surface area contributed by atoms with Crippen LogP contribution in [0.15, 0.2) is 0 Å². The number of nitrogens with two attached hydrogens (primary N) is 1. The number of aliphatic carboxylic acids is 1. The largest absolute Gasteiger partial charge is 0.481 e. The van der Waals surface area contributed by atoms with Crippen LogP contribution in [0.1, 0.15) is 70.6 Å². The Morgan fingerprint density at radius 3 is 2.26 bits per heavy atom. The number of carbonyl (C=O) groups is 1. The van der Waals surface area contributed by atoms with Crippen molar-refractivity contribution in [3.63, 3.8) is 0 Å². The van der Waals surface area contributed by atoms with Gasteiger partial charge in [-0.3, -0.25) is 4.79 Å². The first-order valence-corrected chi connectivity index (χ1v) is 8.12. The molecule has 0 aliphatic heterocycles. The molecule has 0 radical (unpaired) electrons. The molecule has 0 aromatic carbocycles. The van der Waals surface area contributed by atoms with Gasteiger partial charge in [-0.25, -0.2) is 0 Å².